The summed E-state index contributed by atoms with van der Waals surface area (Å²) in [6.45, 7) is 0. The number of aryl methyl sites for hydroxylation is 1. The number of aliphatic hydroxyl groups is 1. The van der Waals surface area contributed by atoms with Crippen molar-refractivity contribution in [2.45, 2.75) is 18.4 Å². The number of hydrogen-bond donors (Lipinski definition) is 2. The molecular weight excluding hydrogens is 394 g/mol. The Hall–Kier alpha value is -3.42. The predicted molar refractivity (Wildman–Crippen MR) is 116 cm³/mol. The van der Waals surface area contributed by atoms with Crippen LogP contribution in [0.3, 0.4) is 0 Å². The van der Waals surface area contributed by atoms with Crippen LogP contribution in [0.25, 0.3) is 32.9 Å². The summed E-state index contributed by atoms with van der Waals surface area (Å²) < 4.78 is 0. The molecule has 0 radical (unpaired) electrons. The van der Waals surface area contributed by atoms with Gasteiger partial charge >= 0.3 is 0 Å². The van der Waals surface area contributed by atoms with Crippen molar-refractivity contribution in [3.8, 4) is 21.8 Å². The van der Waals surface area contributed by atoms with E-state index in [2.05, 4.69) is 19.9 Å². The van der Waals surface area contributed by atoms with Gasteiger partial charge in [-0.2, -0.15) is 0 Å². The Morgan fingerprint density at radius 2 is 2.10 bits per heavy atom. The molecule has 0 amide bonds. The van der Waals surface area contributed by atoms with Gasteiger partial charge in [-0.15, -0.1) is 11.3 Å². The standard InChI is InChI=1S/C23H17N5OS/c29-23(7-6-14-4-2-8-25-20(14)23)16-5-1-3-15(9-16)19-12-30-22(28-19)18-11-26-21-17(18)10-24-13-27-21/h1-5,8-13,29H,6-7H2,(H,24,26,27). The number of pyridine rings is 1. The third-order valence-corrected chi connectivity index (χ3v) is 6.64. The van der Waals surface area contributed by atoms with Gasteiger partial charge in [-0.3, -0.25) is 4.98 Å². The van der Waals surface area contributed by atoms with Crippen molar-refractivity contribution in [3.05, 3.63) is 83.5 Å². The number of fused-ring (bicyclic) bond motifs is 2. The summed E-state index contributed by atoms with van der Waals surface area (Å²) in [5, 5.41) is 15.4. The zero-order valence-corrected chi connectivity index (χ0v) is 16.7. The van der Waals surface area contributed by atoms with Crippen molar-refractivity contribution in [1.29, 1.82) is 0 Å². The molecule has 5 aromatic rings. The maximum atomic E-state index is 11.5. The number of aromatic nitrogens is 5. The van der Waals surface area contributed by atoms with Gasteiger partial charge in [-0.25, -0.2) is 15.0 Å². The second-order valence-electron chi connectivity index (χ2n) is 7.48. The van der Waals surface area contributed by atoms with Crippen LogP contribution in [0.15, 0.2) is 66.7 Å². The summed E-state index contributed by atoms with van der Waals surface area (Å²) in [5.41, 5.74) is 5.32. The molecule has 2 N–H and O–H groups in total. The van der Waals surface area contributed by atoms with Crippen molar-refractivity contribution in [1.82, 2.24) is 24.9 Å². The van der Waals surface area contributed by atoms with Gasteiger partial charge in [0.25, 0.3) is 0 Å². The fourth-order valence-corrected chi connectivity index (χ4v) is 5.09. The molecule has 1 atom stereocenters. The van der Waals surface area contributed by atoms with Gasteiger partial charge in [0.15, 0.2) is 0 Å². The zero-order valence-electron chi connectivity index (χ0n) is 15.9. The number of nitrogens with one attached hydrogen (secondary N) is 1. The van der Waals surface area contributed by atoms with E-state index in [4.69, 9.17) is 4.98 Å². The maximum absolute atomic E-state index is 11.5. The van der Waals surface area contributed by atoms with E-state index >= 15 is 0 Å². The normalized spacial score (nSPS) is 18.0. The highest BCUT2D eigenvalue weighted by Gasteiger charge is 2.39. The summed E-state index contributed by atoms with van der Waals surface area (Å²) in [5.74, 6) is 0. The summed E-state index contributed by atoms with van der Waals surface area (Å²) in [6.07, 6.45) is 8.46. The number of benzene rings is 1. The Morgan fingerprint density at radius 3 is 3.07 bits per heavy atom. The van der Waals surface area contributed by atoms with Crippen LogP contribution in [0.5, 0.6) is 0 Å². The van der Waals surface area contributed by atoms with Gasteiger partial charge in [0, 0.05) is 40.5 Å². The highest BCUT2D eigenvalue weighted by Crippen LogP contribution is 2.42. The van der Waals surface area contributed by atoms with Crippen LogP contribution < -0.4 is 0 Å². The molecule has 0 aliphatic heterocycles. The first-order chi connectivity index (χ1) is 14.7. The van der Waals surface area contributed by atoms with E-state index in [1.54, 1.807) is 23.7 Å². The topological polar surface area (TPSA) is 87.6 Å². The number of aromatic amines is 1. The van der Waals surface area contributed by atoms with Crippen molar-refractivity contribution in [3.63, 3.8) is 0 Å². The van der Waals surface area contributed by atoms with Gasteiger partial charge in [0.2, 0.25) is 0 Å². The van der Waals surface area contributed by atoms with Crippen LogP contribution in [0.2, 0.25) is 0 Å². The molecule has 6 nitrogen and oxygen atoms in total. The molecule has 0 spiro atoms. The molecule has 6 rings (SSSR count). The predicted octanol–water partition coefficient (Wildman–Crippen LogP) is 4.33. The highest BCUT2D eigenvalue weighted by atomic mass is 32.1. The van der Waals surface area contributed by atoms with E-state index in [1.807, 2.05) is 48.0 Å². The first-order valence-corrected chi connectivity index (χ1v) is 10.6. The third-order valence-electron chi connectivity index (χ3n) is 5.77. The molecule has 146 valence electrons. The van der Waals surface area contributed by atoms with Gasteiger partial charge in [-0.1, -0.05) is 24.3 Å². The van der Waals surface area contributed by atoms with E-state index in [0.29, 0.717) is 6.42 Å². The minimum Gasteiger partial charge on any atom is -0.379 e. The maximum Gasteiger partial charge on any atom is 0.141 e. The molecule has 0 saturated carbocycles. The Morgan fingerprint density at radius 1 is 1.13 bits per heavy atom. The van der Waals surface area contributed by atoms with E-state index in [0.717, 1.165) is 56.1 Å². The van der Waals surface area contributed by atoms with E-state index in [-0.39, 0.29) is 0 Å². The molecule has 4 heterocycles. The van der Waals surface area contributed by atoms with Gasteiger partial charge in [0.1, 0.15) is 22.6 Å². The van der Waals surface area contributed by atoms with Crippen molar-refractivity contribution in [2.75, 3.05) is 0 Å². The molecule has 4 aromatic heterocycles. The van der Waals surface area contributed by atoms with E-state index in [9.17, 15) is 5.11 Å². The number of thiazole rings is 1. The summed E-state index contributed by atoms with van der Waals surface area (Å²) in [4.78, 5) is 20.9. The molecule has 7 heteroatoms. The van der Waals surface area contributed by atoms with Gasteiger partial charge in [0.05, 0.1) is 11.4 Å². The van der Waals surface area contributed by atoms with Crippen molar-refractivity contribution in [2.24, 2.45) is 0 Å². The number of nitrogens with zero attached hydrogens (tertiary/aromatic N) is 4. The average Bonchev–Trinajstić information content (AvgIpc) is 3.52. The van der Waals surface area contributed by atoms with Crippen molar-refractivity contribution >= 4 is 22.4 Å². The summed E-state index contributed by atoms with van der Waals surface area (Å²) in [7, 11) is 0. The van der Waals surface area contributed by atoms with Crippen molar-refractivity contribution < 1.29 is 5.11 Å². The molecule has 1 unspecified atom stereocenters. The molecule has 0 saturated heterocycles. The molecule has 1 aliphatic rings. The quantitative estimate of drug-likeness (QED) is 0.461. The van der Waals surface area contributed by atoms with Crippen LogP contribution in [0, 0.1) is 0 Å². The lowest BCUT2D eigenvalue weighted by Gasteiger charge is -2.24. The van der Waals surface area contributed by atoms with Crippen LogP contribution in [-0.2, 0) is 12.0 Å². The zero-order chi connectivity index (χ0) is 20.1. The Kier molecular flexibility index (Phi) is 3.81. The lowest BCUT2D eigenvalue weighted by atomic mass is 9.89. The van der Waals surface area contributed by atoms with Crippen LogP contribution >= 0.6 is 11.3 Å². The third kappa shape index (κ3) is 2.59. The second-order valence-corrected chi connectivity index (χ2v) is 8.34. The molecule has 0 bridgehead atoms. The first kappa shape index (κ1) is 17.4. The number of H-pyrrole nitrogens is 1. The fourth-order valence-electron chi connectivity index (χ4n) is 4.23. The Balaban J connectivity index is 1.40. The van der Waals surface area contributed by atoms with Gasteiger partial charge < -0.3 is 10.1 Å². The second kappa shape index (κ2) is 6.55. The van der Waals surface area contributed by atoms with Crippen LogP contribution in [-0.4, -0.2) is 30.0 Å². The SMILES string of the molecule is OC1(c2cccc(-c3csc(-c4c[nH]c5ncncc45)n3)c2)CCc2cccnc21. The molecule has 30 heavy (non-hydrogen) atoms. The molecule has 0 fully saturated rings. The lowest BCUT2D eigenvalue weighted by molar-refractivity contribution is 0.0788. The Bertz CT molecular complexity index is 1390. The number of hydrogen-bond acceptors (Lipinski definition) is 6. The first-order valence-electron chi connectivity index (χ1n) is 9.73. The highest BCUT2D eigenvalue weighted by molar-refractivity contribution is 7.13. The molecular formula is C23H17N5OS. The number of rotatable bonds is 3. The summed E-state index contributed by atoms with van der Waals surface area (Å²) >= 11 is 1.58. The minimum atomic E-state index is -1.06. The van der Waals surface area contributed by atoms with Crippen LogP contribution in [0.4, 0.5) is 0 Å². The van der Waals surface area contributed by atoms with Crippen LogP contribution in [0.1, 0.15) is 23.2 Å². The average molecular weight is 411 g/mol. The molecule has 1 aromatic carbocycles. The summed E-state index contributed by atoms with van der Waals surface area (Å²) in [6, 6.07) is 12.0. The molecule has 1 aliphatic carbocycles. The van der Waals surface area contributed by atoms with E-state index < -0.39 is 5.60 Å². The fraction of sp³-hybridized carbons (Fsp3) is 0.130. The Labute approximate surface area is 176 Å². The van der Waals surface area contributed by atoms with Gasteiger partial charge in [-0.05, 0) is 36.1 Å². The lowest BCUT2D eigenvalue weighted by Crippen LogP contribution is -2.25. The minimum absolute atomic E-state index is 0.639. The van der Waals surface area contributed by atoms with E-state index in [1.165, 1.54) is 6.33 Å². The monoisotopic (exact) mass is 411 g/mol. The largest absolute Gasteiger partial charge is 0.379 e. The smallest absolute Gasteiger partial charge is 0.141 e.